The van der Waals surface area contributed by atoms with Gasteiger partial charge in [-0.05, 0) is 43.4 Å². The van der Waals surface area contributed by atoms with Gasteiger partial charge in [0.25, 0.3) is 5.56 Å². The van der Waals surface area contributed by atoms with E-state index in [1.165, 1.54) is 16.9 Å². The number of hydrogen-bond donors (Lipinski definition) is 2. The first kappa shape index (κ1) is 22.7. The quantitative estimate of drug-likeness (QED) is 0.436. The maximum absolute atomic E-state index is 12.6. The van der Waals surface area contributed by atoms with Gasteiger partial charge in [-0.15, -0.1) is 11.3 Å². The molecule has 2 N–H and O–H groups in total. The Morgan fingerprint density at radius 3 is 3.00 bits per heavy atom. The summed E-state index contributed by atoms with van der Waals surface area (Å²) in [6.45, 7) is 0.831. The summed E-state index contributed by atoms with van der Waals surface area (Å²) in [6.07, 6.45) is 4.78. The molecule has 3 aromatic rings. The van der Waals surface area contributed by atoms with E-state index in [2.05, 4.69) is 15.3 Å². The maximum Gasteiger partial charge on any atom is 0.259 e. The van der Waals surface area contributed by atoms with E-state index in [-0.39, 0.29) is 11.5 Å². The van der Waals surface area contributed by atoms with Crippen molar-refractivity contribution in [3.8, 4) is 11.5 Å². The largest absolute Gasteiger partial charge is 0.497 e. The summed E-state index contributed by atoms with van der Waals surface area (Å²) in [5.74, 6) is 3.34. The molecule has 0 aliphatic heterocycles. The van der Waals surface area contributed by atoms with Gasteiger partial charge in [0.15, 0.2) is 0 Å². The van der Waals surface area contributed by atoms with Crippen LogP contribution in [-0.4, -0.2) is 41.9 Å². The SMILES string of the molecule is COc1cccc(OCCNC(=O)CCSCc2nc3sc4c(c3c(=O)[nH]2)CCCC4)c1. The fourth-order valence-corrected chi connectivity index (χ4v) is 5.83. The first-order valence-corrected chi connectivity index (χ1v) is 12.8. The van der Waals surface area contributed by atoms with Gasteiger partial charge in [-0.2, -0.15) is 11.8 Å². The Bertz CT molecular complexity index is 1140. The van der Waals surface area contributed by atoms with Gasteiger partial charge in [0.2, 0.25) is 5.91 Å². The molecular weight excluding hydrogens is 446 g/mol. The highest BCUT2D eigenvalue weighted by Crippen LogP contribution is 2.33. The van der Waals surface area contributed by atoms with Crippen LogP contribution < -0.4 is 20.3 Å². The van der Waals surface area contributed by atoms with E-state index in [9.17, 15) is 9.59 Å². The second-order valence-electron chi connectivity index (χ2n) is 7.58. The number of carbonyl (C=O) groups is 1. The first-order valence-electron chi connectivity index (χ1n) is 10.8. The molecule has 0 saturated carbocycles. The van der Waals surface area contributed by atoms with E-state index < -0.39 is 0 Å². The second kappa shape index (κ2) is 10.9. The van der Waals surface area contributed by atoms with Crippen molar-refractivity contribution in [1.82, 2.24) is 15.3 Å². The predicted octanol–water partition coefficient (Wildman–Crippen LogP) is 3.69. The van der Waals surface area contributed by atoms with Gasteiger partial charge >= 0.3 is 0 Å². The molecule has 0 saturated heterocycles. The molecule has 7 nitrogen and oxygen atoms in total. The molecule has 0 bridgehead atoms. The van der Waals surface area contributed by atoms with E-state index in [1.807, 2.05) is 18.2 Å². The summed E-state index contributed by atoms with van der Waals surface area (Å²) >= 11 is 3.25. The molecule has 2 heterocycles. The smallest absolute Gasteiger partial charge is 0.259 e. The van der Waals surface area contributed by atoms with Crippen molar-refractivity contribution >= 4 is 39.2 Å². The number of aryl methyl sites for hydroxylation is 2. The number of aromatic nitrogens is 2. The zero-order valence-corrected chi connectivity index (χ0v) is 19.7. The average Bonchev–Trinajstić information content (AvgIpc) is 3.18. The van der Waals surface area contributed by atoms with Crippen molar-refractivity contribution in [1.29, 1.82) is 0 Å². The lowest BCUT2D eigenvalue weighted by atomic mass is 9.97. The van der Waals surface area contributed by atoms with E-state index in [0.29, 0.717) is 42.7 Å². The molecule has 1 aliphatic carbocycles. The van der Waals surface area contributed by atoms with Crippen LogP contribution >= 0.6 is 23.1 Å². The number of thioether (sulfide) groups is 1. The molecule has 0 radical (unpaired) electrons. The van der Waals surface area contributed by atoms with Gasteiger partial charge in [-0.25, -0.2) is 4.98 Å². The van der Waals surface area contributed by atoms with Crippen molar-refractivity contribution in [2.24, 2.45) is 0 Å². The van der Waals surface area contributed by atoms with E-state index in [0.717, 1.165) is 35.2 Å². The van der Waals surface area contributed by atoms with Crippen LogP contribution in [0.1, 0.15) is 35.5 Å². The number of H-pyrrole nitrogens is 1. The molecule has 0 spiro atoms. The third-order valence-corrected chi connectivity index (χ3v) is 7.48. The van der Waals surface area contributed by atoms with E-state index >= 15 is 0 Å². The summed E-state index contributed by atoms with van der Waals surface area (Å²) < 4.78 is 10.8. The van der Waals surface area contributed by atoms with Crippen LogP contribution in [0, 0.1) is 0 Å². The third-order valence-electron chi connectivity index (χ3n) is 5.32. The summed E-state index contributed by atoms with van der Waals surface area (Å²) in [6, 6.07) is 7.36. The van der Waals surface area contributed by atoms with Gasteiger partial charge in [-0.3, -0.25) is 9.59 Å². The molecule has 32 heavy (non-hydrogen) atoms. The van der Waals surface area contributed by atoms with Gasteiger partial charge in [-0.1, -0.05) is 6.07 Å². The van der Waals surface area contributed by atoms with Crippen LogP contribution in [-0.2, 0) is 23.4 Å². The van der Waals surface area contributed by atoms with Crippen molar-refractivity contribution in [2.75, 3.05) is 26.0 Å². The third kappa shape index (κ3) is 5.63. The standard InChI is InChI=1S/C23H27N3O4S2/c1-29-15-5-4-6-16(13-15)30-11-10-24-20(27)9-12-31-14-19-25-22(28)21-17-7-2-3-8-18(17)32-23(21)26-19/h4-6,13H,2-3,7-12,14H2,1H3,(H,24,27)(H,25,26,28). The summed E-state index contributed by atoms with van der Waals surface area (Å²) in [7, 11) is 1.61. The number of rotatable bonds is 10. The van der Waals surface area contributed by atoms with Gasteiger partial charge < -0.3 is 19.8 Å². The highest BCUT2D eigenvalue weighted by Gasteiger charge is 2.19. The second-order valence-corrected chi connectivity index (χ2v) is 9.77. The lowest BCUT2D eigenvalue weighted by Crippen LogP contribution is -2.28. The number of methoxy groups -OCH3 is 1. The molecule has 9 heteroatoms. The highest BCUT2D eigenvalue weighted by atomic mass is 32.2. The van der Waals surface area contributed by atoms with Crippen LogP contribution in [0.15, 0.2) is 29.1 Å². The maximum atomic E-state index is 12.6. The van der Waals surface area contributed by atoms with Gasteiger partial charge in [0, 0.05) is 23.1 Å². The number of aromatic amines is 1. The van der Waals surface area contributed by atoms with E-state index in [1.54, 1.807) is 36.3 Å². The summed E-state index contributed by atoms with van der Waals surface area (Å²) in [5.41, 5.74) is 1.18. The minimum Gasteiger partial charge on any atom is -0.497 e. The number of thiophene rings is 1. The molecule has 1 aromatic carbocycles. The Morgan fingerprint density at radius 2 is 2.12 bits per heavy atom. The van der Waals surface area contributed by atoms with Crippen LogP contribution in [0.4, 0.5) is 0 Å². The monoisotopic (exact) mass is 473 g/mol. The fraction of sp³-hybridized carbons (Fsp3) is 0.435. The Kier molecular flexibility index (Phi) is 7.70. The van der Waals surface area contributed by atoms with Crippen molar-refractivity contribution in [3.63, 3.8) is 0 Å². The number of carbonyl (C=O) groups excluding carboxylic acids is 1. The Labute approximate surface area is 194 Å². The van der Waals surface area contributed by atoms with Gasteiger partial charge in [0.1, 0.15) is 28.8 Å². The minimum atomic E-state index is -0.0289. The molecule has 1 amide bonds. The Hall–Kier alpha value is -2.52. The summed E-state index contributed by atoms with van der Waals surface area (Å²) in [4.78, 5) is 34.4. The molecule has 170 valence electrons. The van der Waals surface area contributed by atoms with Gasteiger partial charge in [0.05, 0.1) is 24.8 Å². The number of benzene rings is 1. The molecule has 1 aliphatic rings. The number of hydrogen-bond acceptors (Lipinski definition) is 7. The Morgan fingerprint density at radius 1 is 1.28 bits per heavy atom. The minimum absolute atomic E-state index is 0.0189. The normalized spacial score (nSPS) is 13.0. The molecule has 4 rings (SSSR count). The van der Waals surface area contributed by atoms with Crippen LogP contribution in [0.2, 0.25) is 0 Å². The van der Waals surface area contributed by atoms with E-state index in [4.69, 9.17) is 9.47 Å². The molecule has 2 aromatic heterocycles. The zero-order chi connectivity index (χ0) is 22.3. The number of amides is 1. The predicted molar refractivity (Wildman–Crippen MR) is 129 cm³/mol. The Balaban J connectivity index is 1.17. The molecule has 0 atom stereocenters. The first-order chi connectivity index (χ1) is 15.6. The molecule has 0 unspecified atom stereocenters. The summed E-state index contributed by atoms with van der Waals surface area (Å²) in [5, 5.41) is 3.65. The number of nitrogens with zero attached hydrogens (tertiary/aromatic N) is 1. The fourth-order valence-electron chi connectivity index (χ4n) is 3.75. The van der Waals surface area contributed by atoms with Crippen LogP contribution in [0.3, 0.4) is 0 Å². The lowest BCUT2D eigenvalue weighted by molar-refractivity contribution is -0.120. The topological polar surface area (TPSA) is 93.3 Å². The van der Waals surface area contributed by atoms with Crippen molar-refractivity contribution in [2.45, 2.75) is 37.9 Å². The molecular formula is C23H27N3O4S2. The van der Waals surface area contributed by atoms with Crippen molar-refractivity contribution < 1.29 is 14.3 Å². The number of ether oxygens (including phenoxy) is 2. The highest BCUT2D eigenvalue weighted by molar-refractivity contribution is 7.98. The molecule has 0 fully saturated rings. The van der Waals surface area contributed by atoms with Crippen molar-refractivity contribution in [3.05, 3.63) is 50.9 Å². The average molecular weight is 474 g/mol. The van der Waals surface area contributed by atoms with Crippen LogP contribution in [0.5, 0.6) is 11.5 Å². The lowest BCUT2D eigenvalue weighted by Gasteiger charge is -2.09. The number of fused-ring (bicyclic) bond motifs is 3. The van der Waals surface area contributed by atoms with Crippen LogP contribution in [0.25, 0.3) is 10.2 Å². The number of nitrogens with one attached hydrogen (secondary N) is 2. The zero-order valence-electron chi connectivity index (χ0n) is 18.1.